The van der Waals surface area contributed by atoms with Crippen LogP contribution in [0.5, 0.6) is 5.75 Å². The summed E-state index contributed by atoms with van der Waals surface area (Å²) in [5.41, 5.74) is 0.114. The Balaban J connectivity index is 1.85. The van der Waals surface area contributed by atoms with Crippen molar-refractivity contribution in [2.45, 2.75) is 11.8 Å². The fraction of sp³-hybridized carbons (Fsp3) is 0.111. The van der Waals surface area contributed by atoms with E-state index in [-0.39, 0.29) is 26.4 Å². The molecule has 3 aromatic rings. The Morgan fingerprint density at radius 3 is 2.69 bits per heavy atom. The van der Waals surface area contributed by atoms with Crippen molar-refractivity contribution in [1.29, 1.82) is 0 Å². The molecular formula is C18H14Cl2FN3O4S. The highest BCUT2D eigenvalue weighted by Crippen LogP contribution is 2.26. The van der Waals surface area contributed by atoms with Crippen molar-refractivity contribution in [2.24, 2.45) is 0 Å². The van der Waals surface area contributed by atoms with Crippen molar-refractivity contribution in [2.75, 3.05) is 6.61 Å². The molecule has 2 aromatic carbocycles. The van der Waals surface area contributed by atoms with E-state index in [9.17, 15) is 17.6 Å². The van der Waals surface area contributed by atoms with Gasteiger partial charge in [-0.25, -0.2) is 22.5 Å². The summed E-state index contributed by atoms with van der Waals surface area (Å²) >= 11 is 11.8. The molecule has 1 aromatic heterocycles. The molecule has 0 unspecified atom stereocenters. The molecule has 1 amide bonds. The quantitative estimate of drug-likeness (QED) is 0.607. The van der Waals surface area contributed by atoms with Crippen LogP contribution in [-0.4, -0.2) is 30.5 Å². The van der Waals surface area contributed by atoms with E-state index in [1.54, 1.807) is 6.92 Å². The van der Waals surface area contributed by atoms with Crippen LogP contribution in [0.2, 0.25) is 10.0 Å². The molecule has 0 saturated carbocycles. The first-order chi connectivity index (χ1) is 13.7. The summed E-state index contributed by atoms with van der Waals surface area (Å²) in [4.78, 5) is 15.9. The summed E-state index contributed by atoms with van der Waals surface area (Å²) in [7, 11) is -4.29. The summed E-state index contributed by atoms with van der Waals surface area (Å²) in [6.45, 7) is 2.07. The van der Waals surface area contributed by atoms with Crippen LogP contribution in [0.3, 0.4) is 0 Å². The third-order valence-electron chi connectivity index (χ3n) is 3.69. The third kappa shape index (κ3) is 4.87. The van der Waals surface area contributed by atoms with Crippen molar-refractivity contribution < 1.29 is 22.3 Å². The molecule has 0 saturated heterocycles. The van der Waals surface area contributed by atoms with Gasteiger partial charge in [0.05, 0.1) is 17.3 Å². The zero-order chi connectivity index (χ0) is 21.2. The monoisotopic (exact) mass is 457 g/mol. The number of carbonyl (C=O) groups is 1. The zero-order valence-corrected chi connectivity index (χ0v) is 17.2. The Kier molecular flexibility index (Phi) is 6.11. The van der Waals surface area contributed by atoms with E-state index in [1.807, 2.05) is 4.72 Å². The van der Waals surface area contributed by atoms with Crippen LogP contribution < -0.4 is 9.46 Å². The SMILES string of the molecule is CCOc1ccc(Cl)c(S(=O)(=O)NC(=O)c2cn(-c3cc(F)cc(Cl)c3)cn2)c1. The van der Waals surface area contributed by atoms with Gasteiger partial charge in [-0.2, -0.15) is 0 Å². The molecule has 1 N–H and O–H groups in total. The largest absolute Gasteiger partial charge is 0.494 e. The molecule has 0 radical (unpaired) electrons. The number of nitrogens with zero attached hydrogens (tertiary/aromatic N) is 2. The fourth-order valence-electron chi connectivity index (χ4n) is 2.44. The molecular weight excluding hydrogens is 444 g/mol. The minimum Gasteiger partial charge on any atom is -0.494 e. The molecule has 0 bridgehead atoms. The molecule has 0 atom stereocenters. The van der Waals surface area contributed by atoms with Crippen molar-refractivity contribution in [1.82, 2.24) is 14.3 Å². The van der Waals surface area contributed by atoms with Crippen LogP contribution >= 0.6 is 23.2 Å². The summed E-state index contributed by atoms with van der Waals surface area (Å²) in [5.74, 6) is -1.26. The predicted molar refractivity (Wildman–Crippen MR) is 106 cm³/mol. The normalized spacial score (nSPS) is 11.3. The minimum atomic E-state index is -4.29. The number of rotatable bonds is 6. The Labute approximate surface area is 176 Å². The number of hydrogen-bond acceptors (Lipinski definition) is 5. The summed E-state index contributed by atoms with van der Waals surface area (Å²) in [5, 5.41) is 0.0831. The number of aromatic nitrogens is 2. The molecule has 0 spiro atoms. The molecule has 0 fully saturated rings. The average molecular weight is 458 g/mol. The molecule has 0 aliphatic rings. The van der Waals surface area contributed by atoms with Gasteiger partial charge in [-0.15, -0.1) is 0 Å². The predicted octanol–water partition coefficient (Wildman–Crippen LogP) is 3.84. The first-order valence-electron chi connectivity index (χ1n) is 8.19. The lowest BCUT2D eigenvalue weighted by molar-refractivity contribution is 0.0977. The average Bonchev–Trinajstić information content (AvgIpc) is 3.13. The maximum atomic E-state index is 13.5. The van der Waals surface area contributed by atoms with Gasteiger partial charge < -0.3 is 9.30 Å². The first-order valence-corrected chi connectivity index (χ1v) is 10.4. The minimum absolute atomic E-state index is 0.0753. The van der Waals surface area contributed by atoms with E-state index in [4.69, 9.17) is 27.9 Å². The standard InChI is InChI=1S/C18H14Cl2FN3O4S/c1-2-28-14-3-4-15(20)17(8-14)29(26,27)23-18(25)16-9-24(10-22-16)13-6-11(19)5-12(21)7-13/h3-10H,2H2,1H3,(H,23,25). The molecule has 7 nitrogen and oxygen atoms in total. The smallest absolute Gasteiger partial charge is 0.285 e. The second-order valence-electron chi connectivity index (χ2n) is 5.75. The second-order valence-corrected chi connectivity index (χ2v) is 8.25. The van der Waals surface area contributed by atoms with E-state index in [0.717, 1.165) is 6.07 Å². The van der Waals surface area contributed by atoms with Gasteiger partial charge in [0.15, 0.2) is 0 Å². The number of ether oxygens (including phenoxy) is 1. The van der Waals surface area contributed by atoms with E-state index in [0.29, 0.717) is 12.3 Å². The first kappa shape index (κ1) is 21.1. The van der Waals surface area contributed by atoms with Crippen molar-refractivity contribution in [3.8, 4) is 11.4 Å². The van der Waals surface area contributed by atoms with Crippen molar-refractivity contribution in [3.05, 3.63) is 70.5 Å². The maximum Gasteiger partial charge on any atom is 0.285 e. The Hall–Kier alpha value is -2.62. The lowest BCUT2D eigenvalue weighted by Gasteiger charge is -2.10. The molecule has 29 heavy (non-hydrogen) atoms. The van der Waals surface area contributed by atoms with Crippen LogP contribution in [0, 0.1) is 5.82 Å². The van der Waals surface area contributed by atoms with Gasteiger partial charge in [-0.3, -0.25) is 4.79 Å². The zero-order valence-electron chi connectivity index (χ0n) is 14.9. The molecule has 1 heterocycles. The summed E-state index contributed by atoms with van der Waals surface area (Å²) < 4.78 is 47.2. The lowest BCUT2D eigenvalue weighted by Crippen LogP contribution is -2.31. The summed E-state index contributed by atoms with van der Waals surface area (Å²) in [6, 6.07) is 7.86. The van der Waals surface area contributed by atoms with E-state index in [2.05, 4.69) is 4.98 Å². The van der Waals surface area contributed by atoms with Crippen LogP contribution in [0.4, 0.5) is 4.39 Å². The van der Waals surface area contributed by atoms with Crippen molar-refractivity contribution >= 4 is 39.1 Å². The number of halogens is 3. The Morgan fingerprint density at radius 2 is 2.00 bits per heavy atom. The number of carbonyl (C=O) groups excluding carboxylic acids is 1. The van der Waals surface area contributed by atoms with Gasteiger partial charge >= 0.3 is 0 Å². The molecule has 0 aliphatic carbocycles. The van der Waals surface area contributed by atoms with E-state index < -0.39 is 21.7 Å². The van der Waals surface area contributed by atoms with Gasteiger partial charge in [-0.1, -0.05) is 23.2 Å². The van der Waals surface area contributed by atoms with Crippen LogP contribution in [0.15, 0.2) is 53.8 Å². The number of sulfonamides is 1. The van der Waals surface area contributed by atoms with Gasteiger partial charge in [0.25, 0.3) is 15.9 Å². The van der Waals surface area contributed by atoms with E-state index in [1.165, 1.54) is 47.4 Å². The number of benzene rings is 2. The van der Waals surface area contributed by atoms with Gasteiger partial charge in [0.1, 0.15) is 28.5 Å². The van der Waals surface area contributed by atoms with Gasteiger partial charge in [0.2, 0.25) is 0 Å². The van der Waals surface area contributed by atoms with Crippen LogP contribution in [0.25, 0.3) is 5.69 Å². The molecule has 3 rings (SSSR count). The summed E-state index contributed by atoms with van der Waals surface area (Å²) in [6.07, 6.45) is 2.48. The lowest BCUT2D eigenvalue weighted by atomic mass is 10.3. The second kappa shape index (κ2) is 8.40. The molecule has 0 aliphatic heterocycles. The maximum absolute atomic E-state index is 13.5. The Morgan fingerprint density at radius 1 is 1.24 bits per heavy atom. The van der Waals surface area contributed by atoms with Gasteiger partial charge in [-0.05, 0) is 37.3 Å². The number of imidazole rings is 1. The highest BCUT2D eigenvalue weighted by molar-refractivity contribution is 7.90. The number of hydrogen-bond donors (Lipinski definition) is 1. The third-order valence-corrected chi connectivity index (χ3v) is 5.72. The topological polar surface area (TPSA) is 90.3 Å². The van der Waals surface area contributed by atoms with Crippen molar-refractivity contribution in [3.63, 3.8) is 0 Å². The Bertz CT molecular complexity index is 1160. The van der Waals surface area contributed by atoms with Gasteiger partial charge in [0, 0.05) is 17.3 Å². The highest BCUT2D eigenvalue weighted by atomic mass is 35.5. The van der Waals surface area contributed by atoms with Crippen LogP contribution in [-0.2, 0) is 10.0 Å². The fourth-order valence-corrected chi connectivity index (χ4v) is 4.14. The van der Waals surface area contributed by atoms with E-state index >= 15 is 0 Å². The number of nitrogens with one attached hydrogen (secondary N) is 1. The molecule has 152 valence electrons. The highest BCUT2D eigenvalue weighted by Gasteiger charge is 2.23. The van der Waals surface area contributed by atoms with Crippen LogP contribution in [0.1, 0.15) is 17.4 Å². The molecule has 11 heteroatoms. The number of amides is 1.